The van der Waals surface area contributed by atoms with Crippen LogP contribution in [0.3, 0.4) is 0 Å². The van der Waals surface area contributed by atoms with E-state index in [1.807, 2.05) is 0 Å². The molecule has 3 N–H and O–H groups in total. The van der Waals surface area contributed by atoms with Crippen LogP contribution < -0.4 is 16.2 Å². The fraction of sp³-hybridized carbons (Fsp3) is 0.706. The van der Waals surface area contributed by atoms with Crippen LogP contribution in [0, 0.1) is 0 Å². The van der Waals surface area contributed by atoms with Crippen LogP contribution in [0.4, 0.5) is 0 Å². The Balaban J connectivity index is 1.49. The number of nitrogens with zero attached hydrogens (tertiary/aromatic N) is 1. The highest BCUT2D eigenvalue weighted by Gasteiger charge is 2.19. The van der Waals surface area contributed by atoms with Crippen molar-refractivity contribution in [2.75, 3.05) is 13.1 Å². The molecule has 3 rings (SSSR count). The van der Waals surface area contributed by atoms with E-state index in [0.717, 1.165) is 49.0 Å². The molecule has 0 bridgehead atoms. The Labute approximate surface area is 136 Å². The van der Waals surface area contributed by atoms with Gasteiger partial charge in [0.2, 0.25) is 5.91 Å². The summed E-state index contributed by atoms with van der Waals surface area (Å²) in [5.41, 5.74) is 2.47. The van der Waals surface area contributed by atoms with Gasteiger partial charge < -0.3 is 10.6 Å². The van der Waals surface area contributed by atoms with Gasteiger partial charge in [-0.05, 0) is 44.1 Å². The summed E-state index contributed by atoms with van der Waals surface area (Å²) in [4.78, 5) is 23.9. The molecule has 0 spiro atoms. The van der Waals surface area contributed by atoms with Crippen molar-refractivity contribution in [3.63, 3.8) is 0 Å². The first-order chi connectivity index (χ1) is 11.2. The summed E-state index contributed by atoms with van der Waals surface area (Å²) in [5, 5.41) is 13.1. The van der Waals surface area contributed by atoms with Crippen LogP contribution in [-0.4, -0.2) is 35.2 Å². The summed E-state index contributed by atoms with van der Waals surface area (Å²) in [7, 11) is 0. The average molecular weight is 318 g/mol. The van der Waals surface area contributed by atoms with Gasteiger partial charge in [0.15, 0.2) is 0 Å². The highest BCUT2D eigenvalue weighted by molar-refractivity contribution is 5.78. The molecule has 0 atom stereocenters. The van der Waals surface area contributed by atoms with E-state index in [2.05, 4.69) is 20.8 Å². The van der Waals surface area contributed by atoms with Gasteiger partial charge in [-0.3, -0.25) is 9.59 Å². The zero-order valence-corrected chi connectivity index (χ0v) is 13.6. The molecule has 0 saturated heterocycles. The molecule has 6 nitrogen and oxygen atoms in total. The largest absolute Gasteiger partial charge is 0.354 e. The van der Waals surface area contributed by atoms with E-state index in [1.165, 1.54) is 25.7 Å². The molecule has 0 aliphatic heterocycles. The van der Waals surface area contributed by atoms with Crippen molar-refractivity contribution in [2.45, 2.75) is 63.8 Å². The molecule has 1 aromatic rings. The molecule has 1 fully saturated rings. The number of H-pyrrole nitrogens is 1. The van der Waals surface area contributed by atoms with Gasteiger partial charge in [-0.1, -0.05) is 12.8 Å². The predicted octanol–water partition coefficient (Wildman–Crippen LogP) is 0.840. The Kier molecular flexibility index (Phi) is 5.43. The standard InChI is InChI=1S/C17H26N4O2/c22-16(19-10-9-18-12-5-1-2-6-12)11-15-13-7-3-4-8-14(13)17(23)21-20-15/h12,18H,1-11H2,(H,19,22)(H,21,23). The zero-order valence-electron chi connectivity index (χ0n) is 13.6. The van der Waals surface area contributed by atoms with Crippen LogP contribution in [0.5, 0.6) is 0 Å². The molecule has 2 aliphatic carbocycles. The number of aromatic amines is 1. The predicted molar refractivity (Wildman–Crippen MR) is 88.5 cm³/mol. The number of carbonyl (C=O) groups excluding carboxylic acids is 1. The third kappa shape index (κ3) is 4.19. The molecule has 1 saturated carbocycles. The quantitative estimate of drug-likeness (QED) is 0.678. The number of aromatic nitrogens is 2. The Hall–Kier alpha value is -1.69. The van der Waals surface area contributed by atoms with Crippen molar-refractivity contribution in [1.82, 2.24) is 20.8 Å². The first-order valence-corrected chi connectivity index (χ1v) is 8.83. The van der Waals surface area contributed by atoms with E-state index in [4.69, 9.17) is 0 Å². The lowest BCUT2D eigenvalue weighted by molar-refractivity contribution is -0.120. The second-order valence-corrected chi connectivity index (χ2v) is 6.63. The van der Waals surface area contributed by atoms with E-state index < -0.39 is 0 Å². The number of nitrogens with one attached hydrogen (secondary N) is 3. The molecule has 1 amide bonds. The number of hydrogen-bond acceptors (Lipinski definition) is 4. The van der Waals surface area contributed by atoms with Gasteiger partial charge in [0.1, 0.15) is 0 Å². The number of fused-ring (bicyclic) bond motifs is 1. The molecule has 0 radical (unpaired) electrons. The summed E-state index contributed by atoms with van der Waals surface area (Å²) in [5.74, 6) is -0.0226. The first kappa shape index (κ1) is 16.2. The molecule has 6 heteroatoms. The Morgan fingerprint density at radius 1 is 1.09 bits per heavy atom. The van der Waals surface area contributed by atoms with Gasteiger partial charge in [0.25, 0.3) is 5.56 Å². The monoisotopic (exact) mass is 318 g/mol. The van der Waals surface area contributed by atoms with Crippen molar-refractivity contribution in [2.24, 2.45) is 0 Å². The maximum atomic E-state index is 12.1. The van der Waals surface area contributed by atoms with E-state index >= 15 is 0 Å². The smallest absolute Gasteiger partial charge is 0.267 e. The minimum atomic E-state index is -0.0929. The van der Waals surface area contributed by atoms with Crippen LogP contribution >= 0.6 is 0 Å². The van der Waals surface area contributed by atoms with E-state index in [0.29, 0.717) is 12.6 Å². The van der Waals surface area contributed by atoms with Gasteiger partial charge in [0.05, 0.1) is 12.1 Å². The Morgan fingerprint density at radius 3 is 2.61 bits per heavy atom. The second kappa shape index (κ2) is 7.73. The Bertz CT molecular complexity index is 605. The summed E-state index contributed by atoms with van der Waals surface area (Å²) in [6.45, 7) is 1.45. The fourth-order valence-electron chi connectivity index (χ4n) is 3.70. The first-order valence-electron chi connectivity index (χ1n) is 8.83. The van der Waals surface area contributed by atoms with Gasteiger partial charge in [-0.15, -0.1) is 0 Å². The molecule has 0 aromatic carbocycles. The molecule has 2 aliphatic rings. The lowest BCUT2D eigenvalue weighted by Crippen LogP contribution is -2.37. The maximum absolute atomic E-state index is 12.1. The van der Waals surface area contributed by atoms with E-state index in [1.54, 1.807) is 0 Å². The van der Waals surface area contributed by atoms with Crippen molar-refractivity contribution in [1.29, 1.82) is 0 Å². The van der Waals surface area contributed by atoms with Crippen LogP contribution in [-0.2, 0) is 24.1 Å². The SMILES string of the molecule is O=C(Cc1n[nH]c(=O)c2c1CCCC2)NCCNC1CCCC1. The number of rotatable bonds is 6. The van der Waals surface area contributed by atoms with Crippen LogP contribution in [0.2, 0.25) is 0 Å². The van der Waals surface area contributed by atoms with Crippen molar-refractivity contribution < 1.29 is 4.79 Å². The van der Waals surface area contributed by atoms with Gasteiger partial charge in [-0.2, -0.15) is 5.10 Å². The van der Waals surface area contributed by atoms with Crippen LogP contribution in [0.1, 0.15) is 55.3 Å². The van der Waals surface area contributed by atoms with E-state index in [-0.39, 0.29) is 17.9 Å². The third-order valence-electron chi connectivity index (χ3n) is 4.95. The van der Waals surface area contributed by atoms with Crippen LogP contribution in [0.15, 0.2) is 4.79 Å². The van der Waals surface area contributed by atoms with Gasteiger partial charge in [-0.25, -0.2) is 5.10 Å². The summed E-state index contributed by atoms with van der Waals surface area (Å²) in [6.07, 6.45) is 9.15. The molecular weight excluding hydrogens is 292 g/mol. The molecule has 23 heavy (non-hydrogen) atoms. The molecular formula is C17H26N4O2. The molecule has 1 heterocycles. The van der Waals surface area contributed by atoms with Gasteiger partial charge in [0, 0.05) is 24.7 Å². The molecule has 126 valence electrons. The number of amides is 1. The summed E-state index contributed by atoms with van der Waals surface area (Å²) >= 11 is 0. The molecule has 1 aromatic heterocycles. The summed E-state index contributed by atoms with van der Waals surface area (Å²) < 4.78 is 0. The van der Waals surface area contributed by atoms with Crippen molar-refractivity contribution >= 4 is 5.91 Å². The van der Waals surface area contributed by atoms with Crippen LogP contribution in [0.25, 0.3) is 0 Å². The Morgan fingerprint density at radius 2 is 1.83 bits per heavy atom. The minimum absolute atomic E-state index is 0.0226. The zero-order chi connectivity index (χ0) is 16.1. The minimum Gasteiger partial charge on any atom is -0.354 e. The highest BCUT2D eigenvalue weighted by atomic mass is 16.1. The third-order valence-corrected chi connectivity index (χ3v) is 4.95. The molecule has 0 unspecified atom stereocenters. The number of hydrogen-bond donors (Lipinski definition) is 3. The van der Waals surface area contributed by atoms with E-state index in [9.17, 15) is 9.59 Å². The lowest BCUT2D eigenvalue weighted by Gasteiger charge is -2.17. The maximum Gasteiger partial charge on any atom is 0.267 e. The van der Waals surface area contributed by atoms with Crippen molar-refractivity contribution in [3.8, 4) is 0 Å². The highest BCUT2D eigenvalue weighted by Crippen LogP contribution is 2.20. The summed E-state index contributed by atoms with van der Waals surface area (Å²) in [6, 6.07) is 0.625. The van der Waals surface area contributed by atoms with Gasteiger partial charge >= 0.3 is 0 Å². The normalized spacial score (nSPS) is 17.9. The number of carbonyl (C=O) groups is 1. The van der Waals surface area contributed by atoms with Crippen molar-refractivity contribution in [3.05, 3.63) is 27.2 Å². The lowest BCUT2D eigenvalue weighted by atomic mass is 9.91. The topological polar surface area (TPSA) is 86.9 Å². The average Bonchev–Trinajstić information content (AvgIpc) is 3.08. The fourth-order valence-corrected chi connectivity index (χ4v) is 3.70. The second-order valence-electron chi connectivity index (χ2n) is 6.63.